The normalized spacial score (nSPS) is 36.7. The van der Waals surface area contributed by atoms with Crippen LogP contribution in [-0.4, -0.2) is 50.6 Å². The largest absolute Gasteiger partial charge is 0.462 e. The van der Waals surface area contributed by atoms with Gasteiger partial charge in [0.1, 0.15) is 11.7 Å². The number of carbonyl (C=O) groups excluding carboxylic acids is 2. The summed E-state index contributed by atoms with van der Waals surface area (Å²) in [5.74, 6) is 4.16. The van der Waals surface area contributed by atoms with Crippen LogP contribution in [0.15, 0.2) is 0 Å². The predicted octanol–water partition coefficient (Wildman–Crippen LogP) is 8.39. The fourth-order valence-corrected chi connectivity index (χ4v) is 10.2. The zero-order valence-corrected chi connectivity index (χ0v) is 29.1. The SMILES string of the molecule is CCC(C)(C)C(=O)OC1CCC2(C)C(CCC3C2CCC2(C)C(C(C)CCC(=O)OC(C)(C)COCCOC)CCC32)C1. The van der Waals surface area contributed by atoms with Crippen molar-refractivity contribution < 1.29 is 28.5 Å². The molecule has 0 aromatic heterocycles. The fourth-order valence-electron chi connectivity index (χ4n) is 10.2. The van der Waals surface area contributed by atoms with E-state index >= 15 is 0 Å². The van der Waals surface area contributed by atoms with E-state index < -0.39 is 11.0 Å². The Morgan fingerprint density at radius 2 is 1.60 bits per heavy atom. The minimum atomic E-state index is -0.626. The van der Waals surface area contributed by atoms with E-state index in [0.29, 0.717) is 54.8 Å². The zero-order valence-electron chi connectivity index (χ0n) is 29.1. The van der Waals surface area contributed by atoms with Gasteiger partial charge in [0.25, 0.3) is 0 Å². The van der Waals surface area contributed by atoms with Gasteiger partial charge >= 0.3 is 11.9 Å². The van der Waals surface area contributed by atoms with E-state index in [0.717, 1.165) is 43.4 Å². The standard InChI is InChI=1S/C37H64O6/c1-10-34(3,4)33(39)42-27-17-19-36(7)26(23-27)12-13-28-30-15-14-29(37(30,8)20-18-31(28)36)25(2)11-16-32(38)43-35(5,6)24-41-22-21-40-9/h25-31H,10-24H2,1-9H3. The topological polar surface area (TPSA) is 71.1 Å². The van der Waals surface area contributed by atoms with Crippen LogP contribution in [0.4, 0.5) is 0 Å². The highest BCUT2D eigenvalue weighted by Crippen LogP contribution is 2.68. The molecule has 0 radical (unpaired) electrons. The molecule has 4 saturated carbocycles. The van der Waals surface area contributed by atoms with Crippen molar-refractivity contribution in [2.45, 2.75) is 144 Å². The van der Waals surface area contributed by atoms with E-state index in [2.05, 4.69) is 27.7 Å². The van der Waals surface area contributed by atoms with Crippen LogP contribution in [0, 0.1) is 51.8 Å². The maximum atomic E-state index is 12.8. The first kappa shape index (κ1) is 34.7. The summed E-state index contributed by atoms with van der Waals surface area (Å²) in [4.78, 5) is 25.6. The minimum absolute atomic E-state index is 0.0132. The lowest BCUT2D eigenvalue weighted by atomic mass is 9.44. The molecule has 9 atom stereocenters. The zero-order chi connectivity index (χ0) is 31.6. The summed E-state index contributed by atoms with van der Waals surface area (Å²) in [7, 11) is 1.65. The van der Waals surface area contributed by atoms with Gasteiger partial charge in [-0.05, 0) is 145 Å². The molecule has 0 spiro atoms. The van der Waals surface area contributed by atoms with E-state index in [1.54, 1.807) is 7.11 Å². The number of rotatable bonds is 13. The average molecular weight is 605 g/mol. The van der Waals surface area contributed by atoms with Crippen LogP contribution in [0.3, 0.4) is 0 Å². The van der Waals surface area contributed by atoms with Crippen molar-refractivity contribution in [3.63, 3.8) is 0 Å². The second-order valence-corrected chi connectivity index (χ2v) is 16.7. The van der Waals surface area contributed by atoms with Crippen molar-refractivity contribution in [3.05, 3.63) is 0 Å². The smallest absolute Gasteiger partial charge is 0.311 e. The van der Waals surface area contributed by atoms with Crippen LogP contribution in [0.1, 0.15) is 132 Å². The fraction of sp³-hybridized carbons (Fsp3) is 0.946. The summed E-state index contributed by atoms with van der Waals surface area (Å²) in [6.45, 7) is 18.9. The first-order valence-electron chi connectivity index (χ1n) is 17.7. The predicted molar refractivity (Wildman–Crippen MR) is 170 cm³/mol. The first-order valence-corrected chi connectivity index (χ1v) is 17.7. The molecule has 0 aliphatic heterocycles. The molecule has 0 bridgehead atoms. The van der Waals surface area contributed by atoms with E-state index in [1.807, 2.05) is 27.7 Å². The van der Waals surface area contributed by atoms with Gasteiger partial charge in [0.05, 0.1) is 25.2 Å². The third-order valence-electron chi connectivity index (χ3n) is 13.2. The van der Waals surface area contributed by atoms with Crippen LogP contribution < -0.4 is 0 Å². The number of esters is 2. The molecule has 6 nitrogen and oxygen atoms in total. The van der Waals surface area contributed by atoms with Gasteiger partial charge in [-0.15, -0.1) is 0 Å². The number of ether oxygens (including phenoxy) is 4. The van der Waals surface area contributed by atoms with Crippen molar-refractivity contribution in [2.24, 2.45) is 51.8 Å². The molecule has 0 aromatic carbocycles. The molecule has 0 aromatic rings. The summed E-state index contributed by atoms with van der Waals surface area (Å²) >= 11 is 0. The number of carbonyl (C=O) groups is 2. The highest BCUT2D eigenvalue weighted by atomic mass is 16.6. The van der Waals surface area contributed by atoms with E-state index in [-0.39, 0.29) is 18.0 Å². The van der Waals surface area contributed by atoms with Gasteiger partial charge in [0, 0.05) is 13.5 Å². The Morgan fingerprint density at radius 1 is 0.907 bits per heavy atom. The van der Waals surface area contributed by atoms with E-state index in [4.69, 9.17) is 18.9 Å². The monoisotopic (exact) mass is 604 g/mol. The molecule has 4 fully saturated rings. The Balaban J connectivity index is 1.31. The van der Waals surface area contributed by atoms with Gasteiger partial charge in [0.2, 0.25) is 0 Å². The summed E-state index contributed by atoms with van der Waals surface area (Å²) in [5.41, 5.74) is -0.265. The number of fused-ring (bicyclic) bond motifs is 5. The summed E-state index contributed by atoms with van der Waals surface area (Å²) in [6, 6.07) is 0. The highest BCUT2D eigenvalue weighted by molar-refractivity contribution is 5.76. The van der Waals surface area contributed by atoms with Gasteiger partial charge in [-0.3, -0.25) is 9.59 Å². The van der Waals surface area contributed by atoms with Crippen molar-refractivity contribution in [2.75, 3.05) is 26.9 Å². The van der Waals surface area contributed by atoms with Crippen molar-refractivity contribution in [1.29, 1.82) is 0 Å². The second kappa shape index (κ2) is 13.7. The van der Waals surface area contributed by atoms with E-state index in [1.165, 1.54) is 44.9 Å². The third kappa shape index (κ3) is 7.47. The summed E-state index contributed by atoms with van der Waals surface area (Å²) < 4.78 is 22.6. The third-order valence-corrected chi connectivity index (χ3v) is 13.2. The molecule has 4 aliphatic rings. The molecule has 248 valence electrons. The molecule has 4 rings (SSSR count). The summed E-state index contributed by atoms with van der Waals surface area (Å²) in [5, 5.41) is 0. The maximum Gasteiger partial charge on any atom is 0.311 e. The number of methoxy groups -OCH3 is 1. The van der Waals surface area contributed by atoms with Crippen LogP contribution in [-0.2, 0) is 28.5 Å². The Hall–Kier alpha value is -1.14. The summed E-state index contributed by atoms with van der Waals surface area (Å²) in [6.07, 6.45) is 13.5. The number of hydrogen-bond donors (Lipinski definition) is 0. The quantitative estimate of drug-likeness (QED) is 0.155. The molecule has 43 heavy (non-hydrogen) atoms. The Morgan fingerprint density at radius 3 is 2.30 bits per heavy atom. The highest BCUT2D eigenvalue weighted by Gasteiger charge is 2.60. The lowest BCUT2D eigenvalue weighted by Gasteiger charge is -2.61. The van der Waals surface area contributed by atoms with Gasteiger partial charge in [-0.25, -0.2) is 0 Å². The first-order chi connectivity index (χ1) is 20.2. The van der Waals surface area contributed by atoms with Gasteiger partial charge < -0.3 is 18.9 Å². The lowest BCUT2D eigenvalue weighted by molar-refractivity contribution is -0.171. The average Bonchev–Trinajstić information content (AvgIpc) is 3.31. The molecule has 9 unspecified atom stereocenters. The van der Waals surface area contributed by atoms with Crippen LogP contribution >= 0.6 is 0 Å². The Bertz CT molecular complexity index is 959. The van der Waals surface area contributed by atoms with E-state index in [9.17, 15) is 9.59 Å². The van der Waals surface area contributed by atoms with Crippen LogP contribution in [0.25, 0.3) is 0 Å². The Labute approximate surface area is 263 Å². The molecule has 0 amide bonds. The van der Waals surface area contributed by atoms with Crippen LogP contribution in [0.5, 0.6) is 0 Å². The molecular weight excluding hydrogens is 540 g/mol. The molecule has 0 saturated heterocycles. The maximum absolute atomic E-state index is 12.8. The van der Waals surface area contributed by atoms with Crippen molar-refractivity contribution >= 4 is 11.9 Å². The van der Waals surface area contributed by atoms with Crippen molar-refractivity contribution in [1.82, 2.24) is 0 Å². The van der Waals surface area contributed by atoms with Gasteiger partial charge in [0.15, 0.2) is 0 Å². The lowest BCUT2D eigenvalue weighted by Crippen LogP contribution is -2.54. The molecule has 0 N–H and O–H groups in total. The molecule has 6 heteroatoms. The van der Waals surface area contributed by atoms with Crippen molar-refractivity contribution in [3.8, 4) is 0 Å². The Kier molecular flexibility index (Phi) is 11.1. The molecular formula is C37H64O6. The van der Waals surface area contributed by atoms with Crippen LogP contribution in [0.2, 0.25) is 0 Å². The van der Waals surface area contributed by atoms with Gasteiger partial charge in [-0.2, -0.15) is 0 Å². The molecule has 0 heterocycles. The van der Waals surface area contributed by atoms with Gasteiger partial charge in [-0.1, -0.05) is 27.7 Å². The second-order valence-electron chi connectivity index (χ2n) is 16.7. The molecule has 4 aliphatic carbocycles. The minimum Gasteiger partial charge on any atom is -0.462 e. The number of hydrogen-bond acceptors (Lipinski definition) is 6.